The molecule has 1 aliphatic heterocycles. The van der Waals surface area contributed by atoms with Crippen molar-refractivity contribution in [2.24, 2.45) is 0 Å². The number of methoxy groups -OCH3 is 2. The van der Waals surface area contributed by atoms with Crippen molar-refractivity contribution in [2.75, 3.05) is 14.2 Å². The van der Waals surface area contributed by atoms with E-state index in [9.17, 15) is 9.59 Å². The van der Waals surface area contributed by atoms with Gasteiger partial charge in [0.2, 0.25) is 0 Å². The molecule has 138 valence electrons. The molecule has 1 aromatic heterocycles. The first-order valence-electron chi connectivity index (χ1n) is 8.52. The summed E-state index contributed by atoms with van der Waals surface area (Å²) in [5.41, 5.74) is 1.69. The molecule has 2 aromatic carbocycles. The first-order chi connectivity index (χ1) is 13.0. The fourth-order valence-electron chi connectivity index (χ4n) is 3.56. The number of para-hydroxylation sites is 1. The van der Waals surface area contributed by atoms with Crippen molar-refractivity contribution >= 4 is 16.9 Å². The lowest BCUT2D eigenvalue weighted by Gasteiger charge is -2.26. The molecule has 1 unspecified atom stereocenters. The second-order valence-corrected chi connectivity index (χ2v) is 6.42. The number of benzene rings is 2. The van der Waals surface area contributed by atoms with Gasteiger partial charge >= 0.3 is 11.6 Å². The first kappa shape index (κ1) is 17.1. The molecule has 6 nitrogen and oxygen atoms in total. The predicted octanol–water partition coefficient (Wildman–Crippen LogP) is 3.56. The summed E-state index contributed by atoms with van der Waals surface area (Å²) in [5, 5.41) is 0.601. The molecule has 2 heterocycles. The second-order valence-electron chi connectivity index (χ2n) is 6.42. The number of carbonyl (C=O) groups excluding carboxylic acids is 1. The average Bonchev–Trinajstić information content (AvgIpc) is 2.67. The summed E-state index contributed by atoms with van der Waals surface area (Å²) in [7, 11) is 3.10. The molecule has 6 heteroatoms. The third-order valence-electron chi connectivity index (χ3n) is 4.86. The molecule has 27 heavy (non-hydrogen) atoms. The standard InChI is InChI=1S/C21H18O6/c1-11-5-4-6-13-19(11)27-21(23)18-15(10-17(22)26-20(13)18)14-9-12(24-2)7-8-16(14)25-3/h4-9,15H,10H2,1-3H3. The Hall–Kier alpha value is -3.28. The van der Waals surface area contributed by atoms with Crippen LogP contribution in [0.15, 0.2) is 45.6 Å². The van der Waals surface area contributed by atoms with Gasteiger partial charge in [-0.15, -0.1) is 0 Å². The van der Waals surface area contributed by atoms with Gasteiger partial charge in [-0.2, -0.15) is 0 Å². The normalized spacial score (nSPS) is 16.0. The summed E-state index contributed by atoms with van der Waals surface area (Å²) in [6, 6.07) is 10.7. The van der Waals surface area contributed by atoms with Crippen LogP contribution in [-0.2, 0) is 4.79 Å². The summed E-state index contributed by atoms with van der Waals surface area (Å²) in [4.78, 5) is 25.2. The molecule has 0 amide bonds. The van der Waals surface area contributed by atoms with Gasteiger partial charge in [-0.3, -0.25) is 4.79 Å². The van der Waals surface area contributed by atoms with Crippen LogP contribution >= 0.6 is 0 Å². The molecule has 0 N–H and O–H groups in total. The van der Waals surface area contributed by atoms with E-state index in [1.54, 1.807) is 38.5 Å². The largest absolute Gasteiger partial charge is 0.497 e. The van der Waals surface area contributed by atoms with Crippen LogP contribution < -0.4 is 19.8 Å². The van der Waals surface area contributed by atoms with Gasteiger partial charge < -0.3 is 18.6 Å². The van der Waals surface area contributed by atoms with Crippen molar-refractivity contribution in [1.29, 1.82) is 0 Å². The van der Waals surface area contributed by atoms with Gasteiger partial charge in [0.1, 0.15) is 17.1 Å². The molecule has 0 radical (unpaired) electrons. The highest BCUT2D eigenvalue weighted by Crippen LogP contribution is 2.44. The van der Waals surface area contributed by atoms with E-state index in [0.717, 1.165) is 5.56 Å². The minimum absolute atomic E-state index is 0.0125. The minimum atomic E-state index is -0.549. The van der Waals surface area contributed by atoms with E-state index in [1.807, 2.05) is 19.1 Å². The number of rotatable bonds is 3. The first-order valence-corrected chi connectivity index (χ1v) is 8.52. The summed E-state index contributed by atoms with van der Waals surface area (Å²) in [6.07, 6.45) is 0.0125. The maximum atomic E-state index is 12.8. The van der Waals surface area contributed by atoms with Crippen LogP contribution in [0.1, 0.15) is 29.0 Å². The highest BCUT2D eigenvalue weighted by Gasteiger charge is 2.35. The van der Waals surface area contributed by atoms with Gasteiger partial charge in [-0.25, -0.2) is 4.79 Å². The fourth-order valence-corrected chi connectivity index (χ4v) is 3.56. The van der Waals surface area contributed by atoms with Crippen molar-refractivity contribution < 1.29 is 23.4 Å². The van der Waals surface area contributed by atoms with Crippen LogP contribution in [0, 0.1) is 6.92 Å². The maximum Gasteiger partial charge on any atom is 0.343 e. The molecule has 0 bridgehead atoms. The maximum absolute atomic E-state index is 12.8. The number of hydrogen-bond donors (Lipinski definition) is 0. The fraction of sp³-hybridized carbons (Fsp3) is 0.238. The number of esters is 1. The zero-order valence-corrected chi connectivity index (χ0v) is 15.2. The monoisotopic (exact) mass is 366 g/mol. The van der Waals surface area contributed by atoms with E-state index in [2.05, 4.69) is 0 Å². The SMILES string of the molecule is COc1ccc(OC)c(C2CC(=O)Oc3c2c(=O)oc2c(C)cccc32)c1. The lowest BCUT2D eigenvalue weighted by Crippen LogP contribution is -2.27. The lowest BCUT2D eigenvalue weighted by atomic mass is 9.86. The molecule has 4 rings (SSSR count). The van der Waals surface area contributed by atoms with E-state index in [4.69, 9.17) is 18.6 Å². The number of aryl methyl sites for hydroxylation is 1. The molecule has 0 aliphatic carbocycles. The van der Waals surface area contributed by atoms with Crippen molar-refractivity contribution in [2.45, 2.75) is 19.3 Å². The Morgan fingerprint density at radius 3 is 2.63 bits per heavy atom. The van der Waals surface area contributed by atoms with Gasteiger partial charge in [-0.1, -0.05) is 12.1 Å². The Kier molecular flexibility index (Phi) is 4.11. The molecule has 0 saturated carbocycles. The van der Waals surface area contributed by atoms with E-state index in [1.165, 1.54) is 0 Å². The van der Waals surface area contributed by atoms with E-state index in [0.29, 0.717) is 33.6 Å². The Balaban J connectivity index is 2.03. The molecule has 0 spiro atoms. The molecule has 1 atom stereocenters. The Morgan fingerprint density at radius 1 is 1.07 bits per heavy atom. The average molecular weight is 366 g/mol. The number of carbonyl (C=O) groups is 1. The number of fused-ring (bicyclic) bond motifs is 3. The Bertz CT molecular complexity index is 1110. The highest BCUT2D eigenvalue weighted by molar-refractivity contribution is 5.91. The van der Waals surface area contributed by atoms with E-state index in [-0.39, 0.29) is 12.2 Å². The van der Waals surface area contributed by atoms with Gasteiger partial charge in [-0.05, 0) is 36.8 Å². The van der Waals surface area contributed by atoms with Gasteiger partial charge in [0.05, 0.1) is 31.6 Å². The zero-order chi connectivity index (χ0) is 19.1. The van der Waals surface area contributed by atoms with Crippen LogP contribution in [0.4, 0.5) is 0 Å². The quantitative estimate of drug-likeness (QED) is 0.521. The van der Waals surface area contributed by atoms with Crippen molar-refractivity contribution in [3.8, 4) is 17.2 Å². The molecule has 0 fully saturated rings. The van der Waals surface area contributed by atoms with Crippen LogP contribution in [0.3, 0.4) is 0 Å². The Labute approximate surface area is 155 Å². The molecular weight excluding hydrogens is 348 g/mol. The van der Waals surface area contributed by atoms with E-state index < -0.39 is 17.5 Å². The second kappa shape index (κ2) is 6.46. The predicted molar refractivity (Wildman–Crippen MR) is 98.9 cm³/mol. The highest BCUT2D eigenvalue weighted by atomic mass is 16.5. The summed E-state index contributed by atoms with van der Waals surface area (Å²) in [6.45, 7) is 1.84. The minimum Gasteiger partial charge on any atom is -0.497 e. The summed E-state index contributed by atoms with van der Waals surface area (Å²) in [5.74, 6) is 0.465. The molecule has 1 aliphatic rings. The van der Waals surface area contributed by atoms with Gasteiger partial charge in [0, 0.05) is 11.5 Å². The zero-order valence-electron chi connectivity index (χ0n) is 15.2. The van der Waals surface area contributed by atoms with Gasteiger partial charge in [0.25, 0.3) is 0 Å². The van der Waals surface area contributed by atoms with Gasteiger partial charge in [0.15, 0.2) is 5.75 Å². The van der Waals surface area contributed by atoms with Crippen LogP contribution in [-0.4, -0.2) is 20.2 Å². The van der Waals surface area contributed by atoms with Crippen molar-refractivity contribution in [3.63, 3.8) is 0 Å². The summed E-state index contributed by atoms with van der Waals surface area (Å²) < 4.78 is 21.8. The molecule has 0 saturated heterocycles. The van der Waals surface area contributed by atoms with E-state index >= 15 is 0 Å². The number of hydrogen-bond acceptors (Lipinski definition) is 6. The summed E-state index contributed by atoms with van der Waals surface area (Å²) >= 11 is 0. The Morgan fingerprint density at radius 2 is 1.89 bits per heavy atom. The lowest BCUT2D eigenvalue weighted by molar-refractivity contribution is -0.135. The third-order valence-corrected chi connectivity index (χ3v) is 4.86. The van der Waals surface area contributed by atoms with Crippen molar-refractivity contribution in [3.05, 3.63) is 63.5 Å². The smallest absolute Gasteiger partial charge is 0.343 e. The van der Waals surface area contributed by atoms with Crippen molar-refractivity contribution in [1.82, 2.24) is 0 Å². The molecular formula is C21H18O6. The number of ether oxygens (including phenoxy) is 3. The topological polar surface area (TPSA) is 75.0 Å². The molecule has 3 aromatic rings. The van der Waals surface area contributed by atoms with Crippen LogP contribution in [0.25, 0.3) is 11.0 Å². The van der Waals surface area contributed by atoms with Crippen LogP contribution in [0.2, 0.25) is 0 Å². The third kappa shape index (κ3) is 2.73. The van der Waals surface area contributed by atoms with Crippen LogP contribution in [0.5, 0.6) is 17.2 Å².